The molecule has 1 atom stereocenters. The highest BCUT2D eigenvalue weighted by Crippen LogP contribution is 2.52. The first-order valence-corrected chi connectivity index (χ1v) is 11.9. The van der Waals surface area contributed by atoms with E-state index in [2.05, 4.69) is 0 Å². The average Bonchev–Trinajstić information content (AvgIpc) is 2.87. The lowest BCUT2D eigenvalue weighted by Gasteiger charge is -2.35. The number of rotatable bonds is 6. The third kappa shape index (κ3) is 3.98. The number of alkyl halides is 3. The van der Waals surface area contributed by atoms with Crippen LogP contribution in [0.25, 0.3) is 0 Å². The van der Waals surface area contributed by atoms with Crippen LogP contribution in [0.15, 0.2) is 40.4 Å². The zero-order valence-corrected chi connectivity index (χ0v) is 19.3. The molecule has 32 heavy (non-hydrogen) atoms. The maximum atomic E-state index is 14.6. The zero-order valence-electron chi connectivity index (χ0n) is 18.5. The van der Waals surface area contributed by atoms with Crippen molar-refractivity contribution in [1.29, 1.82) is 0 Å². The molecule has 0 saturated carbocycles. The minimum atomic E-state index is -5.36. The van der Waals surface area contributed by atoms with Crippen LogP contribution in [0.4, 0.5) is 13.2 Å². The van der Waals surface area contributed by atoms with E-state index in [1.807, 2.05) is 6.92 Å². The first kappa shape index (κ1) is 24.4. The number of nitrogens with zero attached hydrogens (tertiary/aromatic N) is 1. The quantitative estimate of drug-likeness (QED) is 0.682. The number of hydrogen-bond acceptors (Lipinski definition) is 4. The van der Waals surface area contributed by atoms with Crippen molar-refractivity contribution in [3.63, 3.8) is 0 Å². The molecule has 6 nitrogen and oxygen atoms in total. The summed E-state index contributed by atoms with van der Waals surface area (Å²) in [7, 11) is -4.79. The number of nitrogens with one attached hydrogen (secondary N) is 1. The highest BCUT2D eigenvalue weighted by atomic mass is 32.2. The van der Waals surface area contributed by atoms with Crippen molar-refractivity contribution in [1.82, 2.24) is 9.62 Å². The van der Waals surface area contributed by atoms with Crippen LogP contribution in [0.2, 0.25) is 0 Å². The van der Waals surface area contributed by atoms with Gasteiger partial charge in [0.2, 0.25) is 15.6 Å². The Balaban J connectivity index is 2.23. The summed E-state index contributed by atoms with van der Waals surface area (Å²) < 4.78 is 71.6. The number of amides is 1. The molecule has 0 saturated heterocycles. The van der Waals surface area contributed by atoms with E-state index >= 15 is 0 Å². The molecule has 0 spiro atoms. The molecule has 1 N–H and O–H groups in total. The van der Waals surface area contributed by atoms with Gasteiger partial charge in [-0.2, -0.15) is 17.9 Å². The number of aryl methyl sites for hydroxylation is 1. The highest BCUT2D eigenvalue weighted by molar-refractivity contribution is 7.89. The molecular formula is C22H27F3N2O4S. The number of benzene rings is 1. The van der Waals surface area contributed by atoms with Crippen LogP contribution in [0.1, 0.15) is 52.0 Å². The van der Waals surface area contributed by atoms with E-state index in [-0.39, 0.29) is 25.1 Å². The van der Waals surface area contributed by atoms with E-state index in [4.69, 9.17) is 0 Å². The molecule has 2 aliphatic rings. The number of carbonyl (C=O) groups is 2. The average molecular weight is 473 g/mol. The van der Waals surface area contributed by atoms with E-state index in [1.165, 1.54) is 12.1 Å². The maximum absolute atomic E-state index is 14.6. The van der Waals surface area contributed by atoms with Gasteiger partial charge in [0, 0.05) is 18.7 Å². The van der Waals surface area contributed by atoms with Gasteiger partial charge in [0.05, 0.1) is 10.5 Å². The molecule has 1 heterocycles. The molecule has 10 heteroatoms. The fraction of sp³-hybridized carbons (Fsp3) is 0.545. The van der Waals surface area contributed by atoms with Crippen LogP contribution in [0, 0.1) is 12.3 Å². The number of Topliss-reactive ketones (excluding diaryl/α,β-unsaturated/α-hetero) is 1. The van der Waals surface area contributed by atoms with Crippen molar-refractivity contribution in [3.05, 3.63) is 41.1 Å². The Morgan fingerprint density at radius 2 is 1.69 bits per heavy atom. The summed E-state index contributed by atoms with van der Waals surface area (Å²) in [5.74, 6) is -2.34. The molecule has 1 aliphatic carbocycles. The van der Waals surface area contributed by atoms with Gasteiger partial charge in [0.15, 0.2) is 5.78 Å². The standard InChI is InChI=1S/C22H27F3N2O4S/c1-5-6-11-27-16-12-20(3,4)13-17(28)18(16)21(19(27)29,22(23,24)25)26-32(30,31)15-9-7-14(2)8-10-15/h7-10,26H,5-6,11-13H2,1-4H3/t21-/m0/s1. The predicted octanol–water partition coefficient (Wildman–Crippen LogP) is 3.86. The molecule has 0 aromatic heterocycles. The largest absolute Gasteiger partial charge is 0.421 e. The Morgan fingerprint density at radius 1 is 1.09 bits per heavy atom. The van der Waals surface area contributed by atoms with Crippen LogP contribution < -0.4 is 4.72 Å². The number of carbonyl (C=O) groups excluding carboxylic acids is 2. The van der Waals surface area contributed by atoms with Gasteiger partial charge in [-0.15, -0.1) is 0 Å². The molecule has 176 valence electrons. The van der Waals surface area contributed by atoms with Gasteiger partial charge in [-0.25, -0.2) is 8.42 Å². The Labute approximate surface area is 185 Å². The third-order valence-electron chi connectivity index (χ3n) is 5.90. The maximum Gasteiger partial charge on any atom is 0.421 e. The van der Waals surface area contributed by atoms with Crippen LogP contribution in [-0.2, 0) is 19.6 Å². The summed E-state index contributed by atoms with van der Waals surface area (Å²) in [4.78, 5) is 26.9. The number of hydrogen-bond donors (Lipinski definition) is 1. The molecule has 1 aliphatic heterocycles. The molecule has 0 fully saturated rings. The van der Waals surface area contributed by atoms with Gasteiger partial charge in [0.1, 0.15) is 0 Å². The summed E-state index contributed by atoms with van der Waals surface area (Å²) in [6.45, 7) is 6.97. The van der Waals surface area contributed by atoms with Crippen LogP contribution >= 0.6 is 0 Å². The number of allylic oxidation sites excluding steroid dienone is 1. The number of sulfonamides is 1. The summed E-state index contributed by atoms with van der Waals surface area (Å²) in [6, 6.07) is 5.21. The van der Waals surface area contributed by atoms with Gasteiger partial charge in [-0.05, 0) is 37.3 Å². The van der Waals surface area contributed by atoms with E-state index in [1.54, 1.807) is 25.5 Å². The fourth-order valence-corrected chi connectivity index (χ4v) is 5.64. The molecule has 1 aromatic rings. The lowest BCUT2D eigenvalue weighted by molar-refractivity contribution is -0.188. The minimum absolute atomic E-state index is 0.0262. The smallest absolute Gasteiger partial charge is 0.313 e. The molecule has 0 unspecified atom stereocenters. The number of ketones is 1. The highest BCUT2D eigenvalue weighted by Gasteiger charge is 2.72. The third-order valence-corrected chi connectivity index (χ3v) is 7.37. The second-order valence-electron chi connectivity index (χ2n) is 9.24. The predicted molar refractivity (Wildman–Crippen MR) is 112 cm³/mol. The summed E-state index contributed by atoms with van der Waals surface area (Å²) >= 11 is 0. The van der Waals surface area contributed by atoms with E-state index in [9.17, 15) is 31.2 Å². The molecule has 1 amide bonds. The fourth-order valence-electron chi connectivity index (χ4n) is 4.32. The number of unbranched alkanes of at least 4 members (excludes halogenated alkanes) is 1. The van der Waals surface area contributed by atoms with Gasteiger partial charge in [-0.1, -0.05) is 44.9 Å². The van der Waals surface area contributed by atoms with Crippen LogP contribution in [0.5, 0.6) is 0 Å². The summed E-state index contributed by atoms with van der Waals surface area (Å²) in [5, 5.41) is 0. The molecule has 1 aromatic carbocycles. The lowest BCUT2D eigenvalue weighted by Crippen LogP contribution is -2.66. The monoisotopic (exact) mass is 472 g/mol. The lowest BCUT2D eigenvalue weighted by atomic mass is 9.72. The molecule has 3 rings (SSSR count). The van der Waals surface area contributed by atoms with Crippen molar-refractivity contribution in [2.75, 3.05) is 6.54 Å². The van der Waals surface area contributed by atoms with Gasteiger partial charge in [0.25, 0.3) is 5.91 Å². The normalized spacial score (nSPS) is 23.7. The Kier molecular flexibility index (Phi) is 6.10. The van der Waals surface area contributed by atoms with Crippen molar-refractivity contribution >= 4 is 21.7 Å². The van der Waals surface area contributed by atoms with Gasteiger partial charge >= 0.3 is 6.18 Å². The molecular weight excluding hydrogens is 445 g/mol. The molecule has 0 radical (unpaired) electrons. The second kappa shape index (κ2) is 7.98. The van der Waals surface area contributed by atoms with Crippen LogP contribution in [-0.4, -0.2) is 43.3 Å². The van der Waals surface area contributed by atoms with E-state index in [0.29, 0.717) is 18.4 Å². The van der Waals surface area contributed by atoms with Crippen molar-refractivity contribution in [2.24, 2.45) is 5.41 Å². The topological polar surface area (TPSA) is 83.6 Å². The van der Waals surface area contributed by atoms with E-state index in [0.717, 1.165) is 17.0 Å². The number of halogens is 3. The first-order chi connectivity index (χ1) is 14.7. The van der Waals surface area contributed by atoms with Crippen molar-refractivity contribution in [3.8, 4) is 0 Å². The van der Waals surface area contributed by atoms with Gasteiger partial charge in [-0.3, -0.25) is 9.59 Å². The summed E-state index contributed by atoms with van der Waals surface area (Å²) in [6.07, 6.45) is -4.49. The Morgan fingerprint density at radius 3 is 2.22 bits per heavy atom. The molecule has 0 bridgehead atoms. The minimum Gasteiger partial charge on any atom is -0.313 e. The summed E-state index contributed by atoms with van der Waals surface area (Å²) in [5.41, 5.74) is -4.41. The van der Waals surface area contributed by atoms with E-state index < -0.39 is 49.3 Å². The second-order valence-corrected chi connectivity index (χ2v) is 10.9. The Hall–Kier alpha value is -2.20. The zero-order chi connectivity index (χ0) is 24.1. The van der Waals surface area contributed by atoms with Crippen LogP contribution in [0.3, 0.4) is 0 Å². The van der Waals surface area contributed by atoms with Crippen molar-refractivity contribution < 1.29 is 31.2 Å². The SMILES string of the molecule is CCCCN1C(=O)[C@](NS(=O)(=O)c2ccc(C)cc2)(C(F)(F)F)C2=C1CC(C)(C)CC2=O. The first-order valence-electron chi connectivity index (χ1n) is 10.4. The van der Waals surface area contributed by atoms with Gasteiger partial charge < -0.3 is 4.90 Å². The van der Waals surface area contributed by atoms with Crippen molar-refractivity contribution in [2.45, 2.75) is 70.0 Å². The Bertz CT molecular complexity index is 1080.